The third-order valence-electron chi connectivity index (χ3n) is 5.66. The minimum absolute atomic E-state index is 0.0845. The molecule has 0 amide bonds. The number of nitrogens with zero attached hydrogens (tertiary/aromatic N) is 2. The maximum absolute atomic E-state index is 12.6. The molecule has 26 heavy (non-hydrogen) atoms. The summed E-state index contributed by atoms with van der Waals surface area (Å²) in [5.74, 6) is -0.0523. The Bertz CT molecular complexity index is 729. The minimum atomic E-state index is -0.922. The molecule has 5 atom stereocenters. The zero-order chi connectivity index (χ0) is 19.1. The Hall–Kier alpha value is -1.54. The van der Waals surface area contributed by atoms with Crippen LogP contribution in [0.2, 0.25) is 0 Å². The van der Waals surface area contributed by atoms with Crippen LogP contribution < -0.4 is 11.4 Å². The van der Waals surface area contributed by atoms with Crippen molar-refractivity contribution in [3.8, 4) is 0 Å². The standard InChI is InChI=1S/C18H27N3O4S/c1-10(2)15-12(16(22)23)8-11(3)9-13(15)18(25-6-7-26-18)21-5-4-14(19)20-17(21)24/h4-5,10-13,15H,6-9H2,1-3H3,(H,22,23)(H2,19,20,24)/t11?,12?,13-,15?,18?/m0/s1. The summed E-state index contributed by atoms with van der Waals surface area (Å²) >= 11 is 1.57. The molecule has 2 heterocycles. The number of carboxylic acid groups (broad SMARTS) is 1. The highest BCUT2D eigenvalue weighted by Gasteiger charge is 2.55. The van der Waals surface area contributed by atoms with E-state index in [2.05, 4.69) is 25.8 Å². The molecule has 1 aliphatic heterocycles. The summed E-state index contributed by atoms with van der Waals surface area (Å²) in [6.07, 6.45) is 3.11. The van der Waals surface area contributed by atoms with E-state index in [0.717, 1.165) is 12.2 Å². The van der Waals surface area contributed by atoms with Gasteiger partial charge in [-0.2, -0.15) is 4.98 Å². The quantitative estimate of drug-likeness (QED) is 0.823. The molecule has 3 rings (SSSR count). The summed E-state index contributed by atoms with van der Waals surface area (Å²) in [5.41, 5.74) is 5.21. The number of nitrogen functional groups attached to an aromatic ring is 1. The molecule has 2 fully saturated rings. The number of hydrogen-bond acceptors (Lipinski definition) is 6. The molecule has 0 bridgehead atoms. The predicted octanol–water partition coefficient (Wildman–Crippen LogP) is 2.22. The van der Waals surface area contributed by atoms with Crippen molar-refractivity contribution in [1.82, 2.24) is 9.55 Å². The van der Waals surface area contributed by atoms with Gasteiger partial charge < -0.3 is 15.6 Å². The lowest BCUT2D eigenvalue weighted by molar-refractivity contribution is -0.157. The number of anilines is 1. The molecule has 2 aliphatic rings. The average molecular weight is 381 g/mol. The van der Waals surface area contributed by atoms with Crippen LogP contribution in [0, 0.1) is 29.6 Å². The van der Waals surface area contributed by atoms with Crippen molar-refractivity contribution < 1.29 is 14.6 Å². The molecule has 1 saturated carbocycles. The van der Waals surface area contributed by atoms with Crippen molar-refractivity contribution in [2.24, 2.45) is 29.6 Å². The molecule has 0 spiro atoms. The van der Waals surface area contributed by atoms with E-state index in [4.69, 9.17) is 10.5 Å². The van der Waals surface area contributed by atoms with E-state index in [-0.39, 0.29) is 29.5 Å². The van der Waals surface area contributed by atoms with Crippen LogP contribution in [0.25, 0.3) is 0 Å². The zero-order valence-electron chi connectivity index (χ0n) is 15.4. The average Bonchev–Trinajstić information content (AvgIpc) is 3.04. The van der Waals surface area contributed by atoms with Crippen LogP contribution >= 0.6 is 11.8 Å². The Labute approximate surface area is 157 Å². The Morgan fingerprint density at radius 1 is 1.50 bits per heavy atom. The number of nitrogens with two attached hydrogens (primary N) is 1. The second kappa shape index (κ2) is 7.23. The topological polar surface area (TPSA) is 107 Å². The van der Waals surface area contributed by atoms with E-state index in [9.17, 15) is 14.7 Å². The van der Waals surface area contributed by atoms with Crippen LogP contribution in [0.5, 0.6) is 0 Å². The molecule has 1 aromatic heterocycles. The van der Waals surface area contributed by atoms with Gasteiger partial charge in [-0.1, -0.05) is 20.8 Å². The molecule has 3 N–H and O–H groups in total. The van der Waals surface area contributed by atoms with E-state index >= 15 is 0 Å². The predicted molar refractivity (Wildman–Crippen MR) is 101 cm³/mol. The number of hydrogen-bond donors (Lipinski definition) is 2. The van der Waals surface area contributed by atoms with Gasteiger partial charge in [-0.05, 0) is 36.7 Å². The second-order valence-electron chi connectivity index (χ2n) is 7.78. The largest absolute Gasteiger partial charge is 0.481 e. The first-order chi connectivity index (χ1) is 12.3. The summed E-state index contributed by atoms with van der Waals surface area (Å²) in [6.45, 7) is 6.72. The molecule has 144 valence electrons. The van der Waals surface area contributed by atoms with Crippen LogP contribution in [-0.4, -0.2) is 33.0 Å². The van der Waals surface area contributed by atoms with Gasteiger partial charge in [0.25, 0.3) is 0 Å². The molecule has 0 aromatic carbocycles. The van der Waals surface area contributed by atoms with Gasteiger partial charge in [0.05, 0.1) is 12.5 Å². The molecule has 8 heteroatoms. The fourth-order valence-corrected chi connectivity index (χ4v) is 6.12. The molecule has 1 aromatic rings. The van der Waals surface area contributed by atoms with Crippen molar-refractivity contribution in [3.05, 3.63) is 22.7 Å². The van der Waals surface area contributed by atoms with Gasteiger partial charge in [0.2, 0.25) is 0 Å². The van der Waals surface area contributed by atoms with Crippen LogP contribution in [0.3, 0.4) is 0 Å². The number of rotatable bonds is 4. The zero-order valence-corrected chi connectivity index (χ0v) is 16.2. The van der Waals surface area contributed by atoms with E-state index in [1.807, 2.05) is 0 Å². The first-order valence-electron chi connectivity index (χ1n) is 9.12. The summed E-state index contributed by atoms with van der Waals surface area (Å²) in [5, 5.41) is 8.91. The monoisotopic (exact) mass is 381 g/mol. The van der Waals surface area contributed by atoms with Gasteiger partial charge in [0.15, 0.2) is 5.06 Å². The third kappa shape index (κ3) is 3.24. The third-order valence-corrected chi connectivity index (χ3v) is 7.06. The SMILES string of the molecule is CC1CC(C(=O)O)C(C(C)C)[C@@H](C2(n3ccc(N)nc3=O)OCCS2)C1. The highest BCUT2D eigenvalue weighted by molar-refractivity contribution is 8.00. The van der Waals surface area contributed by atoms with E-state index in [1.54, 1.807) is 24.0 Å². The molecular formula is C18H27N3O4S. The van der Waals surface area contributed by atoms with Gasteiger partial charge in [-0.3, -0.25) is 9.36 Å². The van der Waals surface area contributed by atoms with Crippen molar-refractivity contribution in [1.29, 1.82) is 0 Å². The van der Waals surface area contributed by atoms with Crippen LogP contribution in [0.1, 0.15) is 33.6 Å². The van der Waals surface area contributed by atoms with E-state index < -0.39 is 22.6 Å². The number of ether oxygens (including phenoxy) is 1. The lowest BCUT2D eigenvalue weighted by Crippen LogP contribution is -2.53. The van der Waals surface area contributed by atoms with Crippen molar-refractivity contribution in [2.75, 3.05) is 18.1 Å². The maximum atomic E-state index is 12.6. The van der Waals surface area contributed by atoms with Crippen LogP contribution in [0.15, 0.2) is 17.1 Å². The first-order valence-corrected chi connectivity index (χ1v) is 10.1. The van der Waals surface area contributed by atoms with Gasteiger partial charge in [0, 0.05) is 17.9 Å². The highest BCUT2D eigenvalue weighted by Crippen LogP contribution is 2.55. The second-order valence-corrected chi connectivity index (χ2v) is 9.06. The summed E-state index contributed by atoms with van der Waals surface area (Å²) in [6, 6.07) is 1.59. The summed E-state index contributed by atoms with van der Waals surface area (Å²) in [7, 11) is 0. The molecule has 1 aliphatic carbocycles. The summed E-state index contributed by atoms with van der Waals surface area (Å²) in [4.78, 5) is 28.5. The molecule has 4 unspecified atom stereocenters. The Kier molecular flexibility index (Phi) is 5.35. The smallest absolute Gasteiger partial charge is 0.352 e. The van der Waals surface area contributed by atoms with Gasteiger partial charge in [-0.25, -0.2) is 4.79 Å². The molecule has 7 nitrogen and oxygen atoms in total. The highest BCUT2D eigenvalue weighted by atomic mass is 32.2. The fourth-order valence-electron chi connectivity index (χ4n) is 4.75. The van der Waals surface area contributed by atoms with E-state index in [0.29, 0.717) is 13.0 Å². The number of carboxylic acids is 1. The minimum Gasteiger partial charge on any atom is -0.481 e. The Morgan fingerprint density at radius 2 is 2.23 bits per heavy atom. The van der Waals surface area contributed by atoms with Crippen molar-refractivity contribution in [3.63, 3.8) is 0 Å². The number of aliphatic carboxylic acids is 1. The van der Waals surface area contributed by atoms with E-state index in [1.165, 1.54) is 4.57 Å². The summed E-state index contributed by atoms with van der Waals surface area (Å²) < 4.78 is 7.72. The molecule has 1 saturated heterocycles. The van der Waals surface area contributed by atoms with Gasteiger partial charge >= 0.3 is 11.7 Å². The lowest BCUT2D eigenvalue weighted by atomic mass is 9.63. The number of aromatic nitrogens is 2. The lowest BCUT2D eigenvalue weighted by Gasteiger charge is -2.48. The Balaban J connectivity index is 2.13. The normalized spacial score (nSPS) is 34.9. The van der Waals surface area contributed by atoms with Crippen LogP contribution in [0.4, 0.5) is 5.82 Å². The fraction of sp³-hybridized carbons (Fsp3) is 0.722. The van der Waals surface area contributed by atoms with Gasteiger partial charge in [0.1, 0.15) is 5.82 Å². The van der Waals surface area contributed by atoms with Gasteiger partial charge in [-0.15, -0.1) is 11.8 Å². The molecular weight excluding hydrogens is 354 g/mol. The number of carbonyl (C=O) groups is 1. The number of thioether (sulfide) groups is 1. The first kappa shape index (κ1) is 19.2. The van der Waals surface area contributed by atoms with Crippen LogP contribution in [-0.2, 0) is 14.6 Å². The Morgan fingerprint density at radius 3 is 2.77 bits per heavy atom. The maximum Gasteiger partial charge on any atom is 0.352 e. The van der Waals surface area contributed by atoms with Crippen molar-refractivity contribution >= 4 is 23.5 Å². The van der Waals surface area contributed by atoms with Crippen molar-refractivity contribution in [2.45, 2.75) is 38.7 Å². The molecule has 0 radical (unpaired) electrons.